The van der Waals surface area contributed by atoms with Crippen LogP contribution in [0.1, 0.15) is 23.1 Å². The summed E-state index contributed by atoms with van der Waals surface area (Å²) in [4.78, 5) is 16.5. The number of ether oxygens (including phenoxy) is 1. The van der Waals surface area contributed by atoms with E-state index in [0.29, 0.717) is 6.54 Å². The Morgan fingerprint density at radius 1 is 1.20 bits per heavy atom. The number of amides is 1. The molecule has 0 radical (unpaired) electrons. The van der Waals surface area contributed by atoms with Gasteiger partial charge in [-0.15, -0.1) is 0 Å². The van der Waals surface area contributed by atoms with Gasteiger partial charge < -0.3 is 10.1 Å². The van der Waals surface area contributed by atoms with Gasteiger partial charge in [-0.1, -0.05) is 36.4 Å². The van der Waals surface area contributed by atoms with Gasteiger partial charge in [-0.05, 0) is 24.6 Å². The third-order valence-corrected chi connectivity index (χ3v) is 2.97. The predicted octanol–water partition coefficient (Wildman–Crippen LogP) is 2.39. The van der Waals surface area contributed by atoms with Gasteiger partial charge in [0.2, 0.25) is 0 Å². The minimum absolute atomic E-state index is 0.165. The Morgan fingerprint density at radius 3 is 2.60 bits per heavy atom. The van der Waals surface area contributed by atoms with Gasteiger partial charge in [-0.2, -0.15) is 0 Å². The molecule has 0 bridgehead atoms. The first kappa shape index (κ1) is 14.2. The van der Waals surface area contributed by atoms with Gasteiger partial charge in [-0.25, -0.2) is 0 Å². The average Bonchev–Trinajstić information content (AvgIpc) is 2.47. The van der Waals surface area contributed by atoms with E-state index in [1.54, 1.807) is 0 Å². The van der Waals surface area contributed by atoms with Crippen LogP contribution < -0.4 is 5.32 Å². The monoisotopic (exact) mass is 270 g/mol. The van der Waals surface area contributed by atoms with E-state index in [1.165, 1.54) is 7.11 Å². The van der Waals surface area contributed by atoms with Gasteiger partial charge in [0.1, 0.15) is 0 Å². The summed E-state index contributed by atoms with van der Waals surface area (Å²) < 4.78 is 5.28. The van der Waals surface area contributed by atoms with Crippen molar-refractivity contribution in [2.24, 2.45) is 0 Å². The van der Waals surface area contributed by atoms with Gasteiger partial charge >= 0.3 is 0 Å². The van der Waals surface area contributed by atoms with E-state index in [2.05, 4.69) is 10.3 Å². The Morgan fingerprint density at radius 2 is 1.95 bits per heavy atom. The highest BCUT2D eigenvalue weighted by Gasteiger charge is 2.19. The van der Waals surface area contributed by atoms with E-state index in [9.17, 15) is 4.79 Å². The minimum Gasteiger partial charge on any atom is -0.367 e. The molecule has 1 atom stereocenters. The van der Waals surface area contributed by atoms with Crippen molar-refractivity contribution in [3.8, 4) is 0 Å². The Bertz CT molecular complexity index is 570. The second-order valence-electron chi connectivity index (χ2n) is 4.51. The summed E-state index contributed by atoms with van der Waals surface area (Å²) in [6.07, 6.45) is -0.596. The molecule has 1 heterocycles. The summed E-state index contributed by atoms with van der Waals surface area (Å²) in [6, 6.07) is 15.2. The van der Waals surface area contributed by atoms with Gasteiger partial charge in [0.15, 0.2) is 6.10 Å². The molecule has 1 N–H and O–H groups in total. The molecular weight excluding hydrogens is 252 g/mol. The number of benzene rings is 1. The van der Waals surface area contributed by atoms with Crippen LogP contribution in [0.15, 0.2) is 48.5 Å². The topological polar surface area (TPSA) is 51.2 Å². The summed E-state index contributed by atoms with van der Waals surface area (Å²) in [6.45, 7) is 2.32. The van der Waals surface area contributed by atoms with Gasteiger partial charge in [0, 0.05) is 12.8 Å². The Hall–Kier alpha value is -2.20. The Labute approximate surface area is 118 Å². The molecule has 4 heteroatoms. The average molecular weight is 270 g/mol. The van der Waals surface area contributed by atoms with Crippen LogP contribution in [0.5, 0.6) is 0 Å². The Balaban J connectivity index is 2.00. The number of pyridine rings is 1. The highest BCUT2D eigenvalue weighted by atomic mass is 16.5. The fourth-order valence-electron chi connectivity index (χ4n) is 1.99. The van der Waals surface area contributed by atoms with Crippen molar-refractivity contribution in [2.45, 2.75) is 19.6 Å². The third kappa shape index (κ3) is 3.65. The number of rotatable bonds is 5. The molecule has 0 spiro atoms. The lowest BCUT2D eigenvalue weighted by atomic mass is 10.1. The summed E-state index contributed by atoms with van der Waals surface area (Å²) in [7, 11) is 1.53. The SMILES string of the molecule is CO[C@@H](C(=O)NCc1cccc(C)n1)c1ccccc1. The molecule has 0 aliphatic carbocycles. The van der Waals surface area contributed by atoms with E-state index in [-0.39, 0.29) is 5.91 Å². The number of carbonyl (C=O) groups excluding carboxylic acids is 1. The lowest BCUT2D eigenvalue weighted by Gasteiger charge is -2.15. The molecule has 20 heavy (non-hydrogen) atoms. The molecule has 1 amide bonds. The van der Waals surface area contributed by atoms with Crippen molar-refractivity contribution >= 4 is 5.91 Å². The van der Waals surface area contributed by atoms with Crippen LogP contribution in [0.3, 0.4) is 0 Å². The molecule has 0 unspecified atom stereocenters. The lowest BCUT2D eigenvalue weighted by Crippen LogP contribution is -2.30. The molecule has 0 saturated heterocycles. The molecule has 0 fully saturated rings. The summed E-state index contributed by atoms with van der Waals surface area (Å²) in [5.74, 6) is -0.165. The highest BCUT2D eigenvalue weighted by Crippen LogP contribution is 2.16. The maximum atomic E-state index is 12.2. The number of carbonyl (C=O) groups is 1. The number of nitrogens with one attached hydrogen (secondary N) is 1. The van der Waals surface area contributed by atoms with Gasteiger partial charge in [0.05, 0.1) is 12.2 Å². The van der Waals surface area contributed by atoms with Gasteiger partial charge in [-0.3, -0.25) is 9.78 Å². The second kappa shape index (κ2) is 6.82. The van der Waals surface area contributed by atoms with E-state index in [4.69, 9.17) is 4.74 Å². The zero-order valence-electron chi connectivity index (χ0n) is 11.7. The van der Waals surface area contributed by atoms with Crippen molar-refractivity contribution in [2.75, 3.05) is 7.11 Å². The largest absolute Gasteiger partial charge is 0.367 e. The van der Waals surface area contributed by atoms with Crippen molar-refractivity contribution < 1.29 is 9.53 Å². The number of aryl methyl sites for hydroxylation is 1. The highest BCUT2D eigenvalue weighted by molar-refractivity contribution is 5.82. The number of methoxy groups -OCH3 is 1. The van der Waals surface area contributed by atoms with Crippen molar-refractivity contribution in [1.82, 2.24) is 10.3 Å². The zero-order valence-corrected chi connectivity index (χ0v) is 11.7. The fourth-order valence-corrected chi connectivity index (χ4v) is 1.99. The van der Waals surface area contributed by atoms with Crippen LogP contribution in [-0.4, -0.2) is 18.0 Å². The van der Waals surface area contributed by atoms with E-state index in [1.807, 2.05) is 55.5 Å². The van der Waals surface area contributed by atoms with Crippen LogP contribution in [0.25, 0.3) is 0 Å². The fraction of sp³-hybridized carbons (Fsp3) is 0.250. The molecule has 1 aromatic carbocycles. The predicted molar refractivity (Wildman–Crippen MR) is 77.0 cm³/mol. The molecule has 1 aromatic heterocycles. The van der Waals surface area contributed by atoms with Crippen LogP contribution in [0, 0.1) is 6.92 Å². The van der Waals surface area contributed by atoms with Crippen LogP contribution >= 0.6 is 0 Å². The smallest absolute Gasteiger partial charge is 0.254 e. The molecule has 104 valence electrons. The van der Waals surface area contributed by atoms with Crippen molar-refractivity contribution in [3.05, 3.63) is 65.5 Å². The molecule has 0 aliphatic rings. The van der Waals surface area contributed by atoms with Gasteiger partial charge in [0.25, 0.3) is 5.91 Å². The quantitative estimate of drug-likeness (QED) is 0.907. The molecule has 0 aliphatic heterocycles. The first-order chi connectivity index (χ1) is 9.70. The maximum absolute atomic E-state index is 12.2. The zero-order chi connectivity index (χ0) is 14.4. The van der Waals surface area contributed by atoms with Crippen molar-refractivity contribution in [3.63, 3.8) is 0 Å². The summed E-state index contributed by atoms with van der Waals surface area (Å²) in [5.41, 5.74) is 2.61. The normalized spacial score (nSPS) is 11.9. The molecule has 2 rings (SSSR count). The van der Waals surface area contributed by atoms with Crippen molar-refractivity contribution in [1.29, 1.82) is 0 Å². The van der Waals surface area contributed by atoms with E-state index >= 15 is 0 Å². The number of hydrogen-bond acceptors (Lipinski definition) is 3. The standard InChI is InChI=1S/C16H18N2O2/c1-12-7-6-10-14(18-12)11-17-16(19)15(20-2)13-8-4-3-5-9-13/h3-10,15H,11H2,1-2H3,(H,17,19)/t15-/m1/s1. The van der Waals surface area contributed by atoms with E-state index in [0.717, 1.165) is 17.0 Å². The number of aromatic nitrogens is 1. The summed E-state index contributed by atoms with van der Waals surface area (Å²) in [5, 5.41) is 2.85. The minimum atomic E-state index is -0.596. The molecule has 2 aromatic rings. The number of hydrogen-bond donors (Lipinski definition) is 1. The van der Waals surface area contributed by atoms with Crippen LogP contribution in [0.2, 0.25) is 0 Å². The summed E-state index contributed by atoms with van der Waals surface area (Å²) >= 11 is 0. The molecule has 0 saturated carbocycles. The third-order valence-electron chi connectivity index (χ3n) is 2.97. The molecule has 4 nitrogen and oxygen atoms in total. The number of nitrogens with zero attached hydrogens (tertiary/aromatic N) is 1. The second-order valence-corrected chi connectivity index (χ2v) is 4.51. The maximum Gasteiger partial charge on any atom is 0.254 e. The molecular formula is C16H18N2O2. The van der Waals surface area contributed by atoms with E-state index < -0.39 is 6.10 Å². The lowest BCUT2D eigenvalue weighted by molar-refractivity contribution is -0.131. The van der Waals surface area contributed by atoms with Crippen LogP contribution in [-0.2, 0) is 16.1 Å². The van der Waals surface area contributed by atoms with Crippen LogP contribution in [0.4, 0.5) is 0 Å². The first-order valence-corrected chi connectivity index (χ1v) is 6.48. The first-order valence-electron chi connectivity index (χ1n) is 6.48. The Kier molecular flexibility index (Phi) is 4.85.